The second kappa shape index (κ2) is 7.86. The molecule has 7 heteroatoms. The number of rotatable bonds is 4. The summed E-state index contributed by atoms with van der Waals surface area (Å²) in [6.07, 6.45) is 2.14. The Bertz CT molecular complexity index is 851. The van der Waals surface area contributed by atoms with E-state index < -0.39 is 17.7 Å². The van der Waals surface area contributed by atoms with E-state index in [9.17, 15) is 14.0 Å². The van der Waals surface area contributed by atoms with Gasteiger partial charge in [-0.05, 0) is 65.2 Å². The Hall–Kier alpha value is -2.41. The molecule has 1 fully saturated rings. The molecule has 1 heterocycles. The first-order valence-corrected chi connectivity index (χ1v) is 9.02. The molecule has 0 radical (unpaired) electrons. The van der Waals surface area contributed by atoms with Crippen molar-refractivity contribution in [2.45, 2.75) is 12.8 Å². The summed E-state index contributed by atoms with van der Waals surface area (Å²) < 4.78 is 18.8. The molecule has 1 amide bonds. The Morgan fingerprint density at radius 1 is 1.15 bits per heavy atom. The van der Waals surface area contributed by atoms with Crippen LogP contribution in [0, 0.1) is 5.82 Å². The van der Waals surface area contributed by atoms with Gasteiger partial charge in [0.1, 0.15) is 5.82 Å². The van der Waals surface area contributed by atoms with Gasteiger partial charge < -0.3 is 15.0 Å². The van der Waals surface area contributed by atoms with Crippen LogP contribution in [0.2, 0.25) is 0 Å². The molecule has 0 atom stereocenters. The second-order valence-corrected chi connectivity index (χ2v) is 6.85. The predicted molar refractivity (Wildman–Crippen MR) is 101 cm³/mol. The number of esters is 1. The minimum absolute atomic E-state index is 0.181. The average molecular weight is 421 g/mol. The van der Waals surface area contributed by atoms with Gasteiger partial charge in [-0.1, -0.05) is 0 Å². The van der Waals surface area contributed by atoms with E-state index in [2.05, 4.69) is 26.1 Å². The summed E-state index contributed by atoms with van der Waals surface area (Å²) in [7, 11) is 1.30. The Labute approximate surface area is 159 Å². The van der Waals surface area contributed by atoms with E-state index in [-0.39, 0.29) is 5.56 Å². The first-order valence-electron chi connectivity index (χ1n) is 8.23. The quantitative estimate of drug-likeness (QED) is 0.751. The van der Waals surface area contributed by atoms with Crippen molar-refractivity contribution < 1.29 is 18.7 Å². The van der Waals surface area contributed by atoms with Crippen molar-refractivity contribution in [2.24, 2.45) is 0 Å². The molecule has 1 N–H and O–H groups in total. The van der Waals surface area contributed by atoms with Crippen LogP contribution in [0.3, 0.4) is 0 Å². The maximum Gasteiger partial charge on any atom is 0.337 e. The van der Waals surface area contributed by atoms with Crippen LogP contribution >= 0.6 is 15.9 Å². The lowest BCUT2D eigenvalue weighted by Gasteiger charge is -2.22. The van der Waals surface area contributed by atoms with Gasteiger partial charge in [0.05, 0.1) is 29.6 Å². The van der Waals surface area contributed by atoms with Crippen molar-refractivity contribution in [1.29, 1.82) is 0 Å². The molecule has 5 nitrogen and oxygen atoms in total. The number of carbonyl (C=O) groups is 2. The van der Waals surface area contributed by atoms with Gasteiger partial charge in [0.25, 0.3) is 5.91 Å². The zero-order valence-electron chi connectivity index (χ0n) is 14.2. The Balaban J connectivity index is 1.96. The maximum absolute atomic E-state index is 13.5. The van der Waals surface area contributed by atoms with E-state index in [0.29, 0.717) is 15.7 Å². The molecule has 0 spiro atoms. The number of hydrogen-bond donors (Lipinski definition) is 1. The van der Waals surface area contributed by atoms with E-state index in [1.807, 2.05) is 0 Å². The molecule has 1 aliphatic rings. The summed E-state index contributed by atoms with van der Waals surface area (Å²) in [6, 6.07) is 8.98. The normalized spacial score (nSPS) is 13.6. The summed E-state index contributed by atoms with van der Waals surface area (Å²) in [5.74, 6) is -1.44. The molecular weight excluding hydrogens is 403 g/mol. The van der Waals surface area contributed by atoms with Crippen LogP contribution in [-0.2, 0) is 4.74 Å². The molecule has 3 rings (SSSR count). The highest BCUT2D eigenvalue weighted by Crippen LogP contribution is 2.31. The third-order valence-electron chi connectivity index (χ3n) is 4.29. The fraction of sp³-hybridized carbons (Fsp3) is 0.263. The number of anilines is 2. The van der Waals surface area contributed by atoms with Gasteiger partial charge in [-0.2, -0.15) is 0 Å². The highest BCUT2D eigenvalue weighted by Gasteiger charge is 2.20. The molecule has 136 valence electrons. The van der Waals surface area contributed by atoms with Gasteiger partial charge >= 0.3 is 5.97 Å². The summed E-state index contributed by atoms with van der Waals surface area (Å²) in [5, 5.41) is 2.81. The van der Waals surface area contributed by atoms with Crippen molar-refractivity contribution in [3.05, 3.63) is 57.8 Å². The van der Waals surface area contributed by atoms with E-state index >= 15 is 0 Å². The lowest BCUT2D eigenvalue weighted by Crippen LogP contribution is -2.22. The Kier molecular flexibility index (Phi) is 5.56. The van der Waals surface area contributed by atoms with Crippen molar-refractivity contribution in [2.75, 3.05) is 30.4 Å². The van der Waals surface area contributed by atoms with Gasteiger partial charge in [0, 0.05) is 17.6 Å². The zero-order valence-corrected chi connectivity index (χ0v) is 15.8. The molecule has 0 bridgehead atoms. The topological polar surface area (TPSA) is 58.6 Å². The number of amides is 1. The van der Waals surface area contributed by atoms with Crippen LogP contribution in [-0.4, -0.2) is 32.1 Å². The monoisotopic (exact) mass is 420 g/mol. The van der Waals surface area contributed by atoms with Crippen LogP contribution in [0.5, 0.6) is 0 Å². The van der Waals surface area contributed by atoms with E-state index in [0.717, 1.165) is 31.6 Å². The largest absolute Gasteiger partial charge is 0.465 e. The van der Waals surface area contributed by atoms with Crippen LogP contribution < -0.4 is 10.2 Å². The summed E-state index contributed by atoms with van der Waals surface area (Å²) in [5.41, 5.74) is 1.84. The third-order valence-corrected chi connectivity index (χ3v) is 4.98. The van der Waals surface area contributed by atoms with E-state index in [4.69, 9.17) is 4.74 Å². The van der Waals surface area contributed by atoms with Crippen LogP contribution in [0.4, 0.5) is 15.8 Å². The summed E-state index contributed by atoms with van der Waals surface area (Å²) in [4.78, 5) is 26.7. The molecule has 0 saturated carbocycles. The van der Waals surface area contributed by atoms with E-state index in [1.54, 1.807) is 18.2 Å². The number of nitrogens with one attached hydrogen (secondary N) is 1. The standard InChI is InChI=1S/C19H18BrFN2O3/c1-26-19(25)12-4-7-17(23-8-2-3-9-23)16(10-12)22-18(24)14-11-13(21)5-6-15(14)20/h4-7,10-11H,2-3,8-9H2,1H3,(H,22,24). The number of benzene rings is 2. The van der Waals surface area contributed by atoms with Crippen LogP contribution in [0.1, 0.15) is 33.6 Å². The Morgan fingerprint density at radius 3 is 2.58 bits per heavy atom. The fourth-order valence-electron chi connectivity index (χ4n) is 2.98. The molecule has 2 aromatic carbocycles. The fourth-order valence-corrected chi connectivity index (χ4v) is 3.40. The zero-order chi connectivity index (χ0) is 18.7. The first kappa shape index (κ1) is 18.4. The predicted octanol–water partition coefficient (Wildman–Crippen LogP) is 4.23. The van der Waals surface area contributed by atoms with Crippen molar-refractivity contribution in [3.8, 4) is 0 Å². The van der Waals surface area contributed by atoms with Gasteiger partial charge in [-0.15, -0.1) is 0 Å². The van der Waals surface area contributed by atoms with Crippen molar-refractivity contribution in [3.63, 3.8) is 0 Å². The molecule has 1 aliphatic heterocycles. The number of halogens is 2. The number of hydrogen-bond acceptors (Lipinski definition) is 4. The molecule has 0 aliphatic carbocycles. The number of carbonyl (C=O) groups excluding carboxylic acids is 2. The second-order valence-electron chi connectivity index (χ2n) is 6.00. The average Bonchev–Trinajstić information content (AvgIpc) is 3.17. The van der Waals surface area contributed by atoms with Gasteiger partial charge in [0.15, 0.2) is 0 Å². The number of nitrogens with zero attached hydrogens (tertiary/aromatic N) is 1. The first-order chi connectivity index (χ1) is 12.5. The highest BCUT2D eigenvalue weighted by molar-refractivity contribution is 9.10. The molecule has 0 unspecified atom stereocenters. The maximum atomic E-state index is 13.5. The van der Waals surface area contributed by atoms with E-state index in [1.165, 1.54) is 25.3 Å². The van der Waals surface area contributed by atoms with Gasteiger partial charge in [-0.25, -0.2) is 9.18 Å². The molecule has 0 aromatic heterocycles. The summed E-state index contributed by atoms with van der Waals surface area (Å²) >= 11 is 3.27. The highest BCUT2D eigenvalue weighted by atomic mass is 79.9. The van der Waals surface area contributed by atoms with Gasteiger partial charge in [-0.3, -0.25) is 4.79 Å². The molecule has 2 aromatic rings. The van der Waals surface area contributed by atoms with Crippen molar-refractivity contribution in [1.82, 2.24) is 0 Å². The lowest BCUT2D eigenvalue weighted by atomic mass is 10.1. The minimum Gasteiger partial charge on any atom is -0.465 e. The summed E-state index contributed by atoms with van der Waals surface area (Å²) in [6.45, 7) is 1.76. The van der Waals surface area contributed by atoms with Crippen LogP contribution in [0.15, 0.2) is 40.9 Å². The molecule has 26 heavy (non-hydrogen) atoms. The lowest BCUT2D eigenvalue weighted by molar-refractivity contribution is 0.0600. The Morgan fingerprint density at radius 2 is 1.88 bits per heavy atom. The number of ether oxygens (including phenoxy) is 1. The number of methoxy groups -OCH3 is 1. The SMILES string of the molecule is COC(=O)c1ccc(N2CCCC2)c(NC(=O)c2cc(F)ccc2Br)c1. The van der Waals surface area contributed by atoms with Gasteiger partial charge in [0.2, 0.25) is 0 Å². The molecule has 1 saturated heterocycles. The van der Waals surface area contributed by atoms with Crippen LogP contribution in [0.25, 0.3) is 0 Å². The minimum atomic E-state index is -0.499. The molecular formula is C19H18BrFN2O3. The third kappa shape index (κ3) is 3.88. The smallest absolute Gasteiger partial charge is 0.337 e. The van der Waals surface area contributed by atoms with Crippen molar-refractivity contribution >= 4 is 39.2 Å².